The smallest absolute Gasteiger partial charge is 0.435 e. The number of carbonyl (C=O) groups excluding carboxylic acids is 1. The highest BCUT2D eigenvalue weighted by atomic mass is 16.8. The molecular formula is C17H24O4. The van der Waals surface area contributed by atoms with Gasteiger partial charge in [0.05, 0.1) is 6.61 Å². The molecule has 0 aromatic heterocycles. The molecule has 0 bridgehead atoms. The molecule has 1 atom stereocenters. The van der Waals surface area contributed by atoms with Crippen molar-refractivity contribution < 1.29 is 19.0 Å². The number of unbranched alkanes of at least 4 members (excludes halogenated alkanes) is 3. The minimum Gasteiger partial charge on any atom is -0.435 e. The largest absolute Gasteiger partial charge is 0.510 e. The highest BCUT2D eigenvalue weighted by molar-refractivity contribution is 5.60. The maximum absolute atomic E-state index is 11.3. The van der Waals surface area contributed by atoms with Crippen molar-refractivity contribution in [2.45, 2.75) is 51.2 Å². The summed E-state index contributed by atoms with van der Waals surface area (Å²) in [7, 11) is 0. The second-order valence-corrected chi connectivity index (χ2v) is 5.38. The van der Waals surface area contributed by atoms with Gasteiger partial charge in [-0.1, -0.05) is 43.2 Å². The van der Waals surface area contributed by atoms with Gasteiger partial charge in [-0.25, -0.2) is 4.79 Å². The monoisotopic (exact) mass is 292 g/mol. The van der Waals surface area contributed by atoms with Gasteiger partial charge in [-0.05, 0) is 31.7 Å². The number of epoxide rings is 1. The SMILES string of the molecule is CCOC(=O)OC1(CCCCCCc2ccccc2)CO1. The van der Waals surface area contributed by atoms with Gasteiger partial charge in [0.25, 0.3) is 0 Å². The molecule has 2 rings (SSSR count). The second kappa shape index (κ2) is 8.03. The van der Waals surface area contributed by atoms with Gasteiger partial charge in [-0.3, -0.25) is 0 Å². The van der Waals surface area contributed by atoms with Crippen LogP contribution in [0.1, 0.15) is 44.6 Å². The van der Waals surface area contributed by atoms with E-state index in [2.05, 4.69) is 24.3 Å². The van der Waals surface area contributed by atoms with E-state index < -0.39 is 11.9 Å². The Kier molecular flexibility index (Phi) is 6.05. The fourth-order valence-electron chi connectivity index (χ4n) is 2.36. The van der Waals surface area contributed by atoms with Crippen LogP contribution in [-0.4, -0.2) is 25.2 Å². The highest BCUT2D eigenvalue weighted by Gasteiger charge is 2.49. The van der Waals surface area contributed by atoms with Crippen molar-refractivity contribution in [3.8, 4) is 0 Å². The maximum atomic E-state index is 11.3. The third kappa shape index (κ3) is 5.76. The minimum absolute atomic E-state index is 0.328. The van der Waals surface area contributed by atoms with Crippen molar-refractivity contribution >= 4 is 6.16 Å². The third-order valence-electron chi connectivity index (χ3n) is 3.61. The predicted molar refractivity (Wildman–Crippen MR) is 80.0 cm³/mol. The maximum Gasteiger partial charge on any atom is 0.510 e. The standard InChI is InChI=1S/C17H24O4/c1-2-19-16(18)21-17(14-20-17)13-9-4-3-6-10-15-11-7-5-8-12-15/h5,7-8,11-12H,2-4,6,9-10,13-14H2,1H3. The lowest BCUT2D eigenvalue weighted by molar-refractivity contribution is -0.0381. The fourth-order valence-corrected chi connectivity index (χ4v) is 2.36. The summed E-state index contributed by atoms with van der Waals surface area (Å²) in [5.41, 5.74) is 1.39. The van der Waals surface area contributed by atoms with Gasteiger partial charge in [0, 0.05) is 6.42 Å². The van der Waals surface area contributed by atoms with E-state index >= 15 is 0 Å². The molecule has 1 saturated heterocycles. The zero-order valence-electron chi connectivity index (χ0n) is 12.7. The van der Waals surface area contributed by atoms with Crippen molar-refractivity contribution in [1.29, 1.82) is 0 Å². The van der Waals surface area contributed by atoms with Crippen LogP contribution in [0.2, 0.25) is 0 Å². The molecule has 0 aliphatic carbocycles. The van der Waals surface area contributed by atoms with Gasteiger partial charge in [0.15, 0.2) is 0 Å². The molecule has 0 spiro atoms. The van der Waals surface area contributed by atoms with Crippen molar-refractivity contribution in [3.05, 3.63) is 35.9 Å². The Bertz CT molecular complexity index is 426. The first-order chi connectivity index (χ1) is 10.2. The lowest BCUT2D eigenvalue weighted by atomic mass is 10.0. The molecule has 1 unspecified atom stereocenters. The summed E-state index contributed by atoms with van der Waals surface area (Å²) in [5, 5.41) is 0. The Balaban J connectivity index is 1.53. The van der Waals surface area contributed by atoms with Gasteiger partial charge in [-0.2, -0.15) is 0 Å². The summed E-state index contributed by atoms with van der Waals surface area (Å²) in [6, 6.07) is 10.5. The van der Waals surface area contributed by atoms with Gasteiger partial charge < -0.3 is 14.2 Å². The second-order valence-electron chi connectivity index (χ2n) is 5.38. The molecule has 1 aromatic carbocycles. The first-order valence-corrected chi connectivity index (χ1v) is 7.78. The van der Waals surface area contributed by atoms with Crippen LogP contribution in [0.15, 0.2) is 30.3 Å². The molecular weight excluding hydrogens is 268 g/mol. The number of rotatable bonds is 9. The van der Waals surface area contributed by atoms with E-state index in [9.17, 15) is 4.79 Å². The molecule has 1 aromatic rings. The molecule has 116 valence electrons. The van der Waals surface area contributed by atoms with Crippen LogP contribution in [0.4, 0.5) is 4.79 Å². The Morgan fingerprint density at radius 3 is 2.57 bits per heavy atom. The van der Waals surface area contributed by atoms with Crippen molar-refractivity contribution in [3.63, 3.8) is 0 Å². The summed E-state index contributed by atoms with van der Waals surface area (Å²) < 4.78 is 15.2. The summed E-state index contributed by atoms with van der Waals surface area (Å²) in [4.78, 5) is 11.3. The van der Waals surface area contributed by atoms with E-state index in [0.29, 0.717) is 13.2 Å². The fraction of sp³-hybridized carbons (Fsp3) is 0.588. The zero-order valence-corrected chi connectivity index (χ0v) is 12.7. The zero-order chi connectivity index (χ0) is 15.0. The molecule has 0 N–H and O–H groups in total. The Morgan fingerprint density at radius 1 is 1.19 bits per heavy atom. The van der Waals surface area contributed by atoms with Gasteiger partial charge >= 0.3 is 6.16 Å². The van der Waals surface area contributed by atoms with Crippen LogP contribution in [0.3, 0.4) is 0 Å². The number of carbonyl (C=O) groups is 1. The molecule has 0 radical (unpaired) electrons. The lowest BCUT2D eigenvalue weighted by Gasteiger charge is -2.12. The average Bonchev–Trinajstić information content (AvgIpc) is 3.24. The summed E-state index contributed by atoms with van der Waals surface area (Å²) in [5.74, 6) is -0.689. The van der Waals surface area contributed by atoms with E-state index in [1.54, 1.807) is 6.92 Å². The summed E-state index contributed by atoms with van der Waals surface area (Å²) >= 11 is 0. The molecule has 21 heavy (non-hydrogen) atoms. The predicted octanol–water partition coefficient (Wildman–Crippen LogP) is 4.08. The van der Waals surface area contributed by atoms with Crippen LogP contribution in [0.25, 0.3) is 0 Å². The van der Waals surface area contributed by atoms with E-state index in [1.165, 1.54) is 18.4 Å². The molecule has 4 nitrogen and oxygen atoms in total. The van der Waals surface area contributed by atoms with Crippen LogP contribution in [0.5, 0.6) is 0 Å². The molecule has 4 heteroatoms. The Labute approximate surface area is 126 Å². The normalized spacial score (nSPS) is 20.0. The van der Waals surface area contributed by atoms with Crippen molar-refractivity contribution in [2.24, 2.45) is 0 Å². The lowest BCUT2D eigenvalue weighted by Crippen LogP contribution is -2.22. The average molecular weight is 292 g/mol. The quantitative estimate of drug-likeness (QED) is 0.391. The number of benzene rings is 1. The number of aryl methyl sites for hydroxylation is 1. The van der Waals surface area contributed by atoms with E-state index in [4.69, 9.17) is 14.2 Å². The number of hydrogen-bond donors (Lipinski definition) is 0. The first kappa shape index (κ1) is 15.8. The molecule has 1 heterocycles. The molecule has 0 amide bonds. The summed E-state index contributed by atoms with van der Waals surface area (Å²) in [6.07, 6.45) is 5.78. The first-order valence-electron chi connectivity index (χ1n) is 7.78. The number of ether oxygens (including phenoxy) is 3. The molecule has 1 fully saturated rings. The van der Waals surface area contributed by atoms with Crippen LogP contribution in [0, 0.1) is 0 Å². The van der Waals surface area contributed by atoms with Crippen LogP contribution >= 0.6 is 0 Å². The van der Waals surface area contributed by atoms with Crippen molar-refractivity contribution in [1.82, 2.24) is 0 Å². The highest BCUT2D eigenvalue weighted by Crippen LogP contribution is 2.34. The molecule has 1 aliphatic heterocycles. The van der Waals surface area contributed by atoms with Gasteiger partial charge in [0.1, 0.15) is 6.61 Å². The Morgan fingerprint density at radius 2 is 1.90 bits per heavy atom. The molecule has 1 aliphatic rings. The third-order valence-corrected chi connectivity index (χ3v) is 3.61. The Hall–Kier alpha value is -1.55. The summed E-state index contributed by atoms with van der Waals surface area (Å²) in [6.45, 7) is 2.58. The van der Waals surface area contributed by atoms with Gasteiger partial charge in [-0.15, -0.1) is 0 Å². The molecule has 0 saturated carbocycles. The van der Waals surface area contributed by atoms with Gasteiger partial charge in [0.2, 0.25) is 5.79 Å². The van der Waals surface area contributed by atoms with Crippen LogP contribution < -0.4 is 0 Å². The number of hydrogen-bond acceptors (Lipinski definition) is 4. The minimum atomic E-state index is -0.689. The van der Waals surface area contributed by atoms with E-state index in [-0.39, 0.29) is 0 Å². The van der Waals surface area contributed by atoms with Crippen molar-refractivity contribution in [2.75, 3.05) is 13.2 Å². The van der Waals surface area contributed by atoms with E-state index in [0.717, 1.165) is 25.7 Å². The van der Waals surface area contributed by atoms with E-state index in [1.807, 2.05) is 6.07 Å². The van der Waals surface area contributed by atoms with Crippen LogP contribution in [-0.2, 0) is 20.6 Å². The topological polar surface area (TPSA) is 48.1 Å².